The SMILES string of the molecule is CC(Cl)CC(C)c1c(Cl)cnn1C(C)C. The monoisotopic (exact) mass is 248 g/mol. The van der Waals surface area contributed by atoms with Crippen LogP contribution in [0.15, 0.2) is 6.20 Å². The summed E-state index contributed by atoms with van der Waals surface area (Å²) in [7, 11) is 0. The predicted molar refractivity (Wildman–Crippen MR) is 66.0 cm³/mol. The predicted octanol–water partition coefficient (Wildman–Crippen LogP) is 4.24. The molecule has 1 aromatic heterocycles. The fourth-order valence-corrected chi connectivity index (χ4v) is 2.41. The Balaban J connectivity index is 2.95. The molecule has 1 rings (SSSR count). The molecule has 0 saturated heterocycles. The zero-order chi connectivity index (χ0) is 11.6. The molecule has 0 amide bonds. The molecule has 2 atom stereocenters. The summed E-state index contributed by atoms with van der Waals surface area (Å²) in [5, 5.41) is 5.19. The minimum absolute atomic E-state index is 0.159. The largest absolute Gasteiger partial charge is 0.265 e. The molecule has 0 aromatic carbocycles. The number of rotatable bonds is 4. The number of hydrogen-bond donors (Lipinski definition) is 0. The molecular weight excluding hydrogens is 231 g/mol. The quantitative estimate of drug-likeness (QED) is 0.730. The van der Waals surface area contributed by atoms with E-state index in [9.17, 15) is 0 Å². The van der Waals surface area contributed by atoms with Gasteiger partial charge in [0.1, 0.15) is 0 Å². The van der Waals surface area contributed by atoms with Gasteiger partial charge in [0.2, 0.25) is 0 Å². The van der Waals surface area contributed by atoms with E-state index in [0.717, 1.165) is 17.1 Å². The molecular formula is C11H18Cl2N2. The van der Waals surface area contributed by atoms with Crippen LogP contribution in [-0.4, -0.2) is 15.2 Å². The molecule has 2 unspecified atom stereocenters. The topological polar surface area (TPSA) is 17.8 Å². The molecule has 1 aromatic rings. The van der Waals surface area contributed by atoms with Gasteiger partial charge < -0.3 is 0 Å². The number of hydrogen-bond acceptors (Lipinski definition) is 1. The van der Waals surface area contributed by atoms with Crippen LogP contribution in [0.4, 0.5) is 0 Å². The molecule has 0 aliphatic rings. The summed E-state index contributed by atoms with van der Waals surface area (Å²) >= 11 is 12.1. The van der Waals surface area contributed by atoms with E-state index in [0.29, 0.717) is 12.0 Å². The van der Waals surface area contributed by atoms with Gasteiger partial charge in [0, 0.05) is 17.3 Å². The van der Waals surface area contributed by atoms with Gasteiger partial charge in [-0.1, -0.05) is 18.5 Å². The first-order valence-electron chi connectivity index (χ1n) is 5.30. The molecule has 0 aliphatic heterocycles. The lowest BCUT2D eigenvalue weighted by Gasteiger charge is -2.18. The average Bonchev–Trinajstić information content (AvgIpc) is 2.45. The van der Waals surface area contributed by atoms with Crippen molar-refractivity contribution in [2.75, 3.05) is 0 Å². The van der Waals surface area contributed by atoms with Gasteiger partial charge in [0.05, 0.1) is 16.9 Å². The molecule has 4 heteroatoms. The van der Waals surface area contributed by atoms with E-state index < -0.39 is 0 Å². The minimum Gasteiger partial charge on any atom is -0.265 e. The minimum atomic E-state index is 0.159. The molecule has 1 heterocycles. The maximum Gasteiger partial charge on any atom is 0.0820 e. The van der Waals surface area contributed by atoms with Crippen LogP contribution >= 0.6 is 23.2 Å². The van der Waals surface area contributed by atoms with Gasteiger partial charge in [0.15, 0.2) is 0 Å². The maximum atomic E-state index is 6.14. The number of alkyl halides is 1. The second-order valence-corrected chi connectivity index (χ2v) is 5.49. The van der Waals surface area contributed by atoms with E-state index in [-0.39, 0.29) is 5.38 Å². The fourth-order valence-electron chi connectivity index (χ4n) is 1.82. The number of nitrogens with zero attached hydrogens (tertiary/aromatic N) is 2. The Labute approximate surface area is 102 Å². The number of aromatic nitrogens is 2. The van der Waals surface area contributed by atoms with Crippen LogP contribution in [0.3, 0.4) is 0 Å². The summed E-state index contributed by atoms with van der Waals surface area (Å²) in [5.41, 5.74) is 1.10. The molecule has 15 heavy (non-hydrogen) atoms. The highest BCUT2D eigenvalue weighted by Gasteiger charge is 2.19. The van der Waals surface area contributed by atoms with E-state index in [1.54, 1.807) is 6.20 Å². The molecule has 0 saturated carbocycles. The summed E-state index contributed by atoms with van der Waals surface area (Å²) in [6, 6.07) is 0.334. The van der Waals surface area contributed by atoms with Gasteiger partial charge in [-0.3, -0.25) is 4.68 Å². The third-order valence-corrected chi connectivity index (χ3v) is 2.89. The zero-order valence-corrected chi connectivity index (χ0v) is 11.2. The van der Waals surface area contributed by atoms with Crippen molar-refractivity contribution in [2.24, 2.45) is 0 Å². The Hall–Kier alpha value is -0.210. The van der Waals surface area contributed by atoms with Crippen molar-refractivity contribution in [1.29, 1.82) is 0 Å². The first kappa shape index (κ1) is 12.9. The third-order valence-electron chi connectivity index (χ3n) is 2.42. The van der Waals surface area contributed by atoms with Crippen LogP contribution in [0, 0.1) is 0 Å². The summed E-state index contributed by atoms with van der Waals surface area (Å²) in [6.45, 7) is 8.34. The van der Waals surface area contributed by atoms with Gasteiger partial charge in [-0.25, -0.2) is 0 Å². The highest BCUT2D eigenvalue weighted by atomic mass is 35.5. The van der Waals surface area contributed by atoms with E-state index >= 15 is 0 Å². The molecule has 86 valence electrons. The first-order chi connectivity index (χ1) is 6.93. The van der Waals surface area contributed by atoms with Crippen LogP contribution in [0.1, 0.15) is 51.8 Å². The van der Waals surface area contributed by atoms with Crippen molar-refractivity contribution < 1.29 is 0 Å². The molecule has 2 nitrogen and oxygen atoms in total. The van der Waals surface area contributed by atoms with Crippen molar-refractivity contribution >= 4 is 23.2 Å². The Kier molecular flexibility index (Phi) is 4.47. The van der Waals surface area contributed by atoms with Crippen LogP contribution in [0.2, 0.25) is 5.02 Å². The Bertz CT molecular complexity index is 318. The van der Waals surface area contributed by atoms with E-state index in [1.807, 2.05) is 11.6 Å². The van der Waals surface area contributed by atoms with Gasteiger partial charge in [-0.05, 0) is 27.2 Å². The molecule has 0 aliphatic carbocycles. The summed E-state index contributed by atoms with van der Waals surface area (Å²) in [6.07, 6.45) is 2.63. The normalized spacial score (nSPS) is 15.7. The van der Waals surface area contributed by atoms with Crippen LogP contribution in [0.5, 0.6) is 0 Å². The van der Waals surface area contributed by atoms with Crippen molar-refractivity contribution in [1.82, 2.24) is 9.78 Å². The van der Waals surface area contributed by atoms with Gasteiger partial charge >= 0.3 is 0 Å². The summed E-state index contributed by atoms with van der Waals surface area (Å²) < 4.78 is 1.98. The average molecular weight is 249 g/mol. The molecule has 0 bridgehead atoms. The van der Waals surface area contributed by atoms with Gasteiger partial charge in [-0.2, -0.15) is 5.10 Å². The number of halogens is 2. The fraction of sp³-hybridized carbons (Fsp3) is 0.727. The lowest BCUT2D eigenvalue weighted by Crippen LogP contribution is -2.12. The molecule has 0 fully saturated rings. The highest BCUT2D eigenvalue weighted by molar-refractivity contribution is 6.31. The zero-order valence-electron chi connectivity index (χ0n) is 9.67. The third kappa shape index (κ3) is 3.12. The smallest absolute Gasteiger partial charge is 0.0820 e. The first-order valence-corrected chi connectivity index (χ1v) is 6.11. The maximum absolute atomic E-state index is 6.14. The molecule has 0 N–H and O–H groups in total. The Morgan fingerprint density at radius 3 is 2.40 bits per heavy atom. The Morgan fingerprint density at radius 2 is 1.93 bits per heavy atom. The second kappa shape index (κ2) is 5.22. The lowest BCUT2D eigenvalue weighted by molar-refractivity contribution is 0.482. The van der Waals surface area contributed by atoms with Crippen molar-refractivity contribution in [3.05, 3.63) is 16.9 Å². The standard InChI is InChI=1S/C11H18Cl2N2/c1-7(2)15-11(10(13)6-14-15)8(3)5-9(4)12/h6-9H,5H2,1-4H3. The van der Waals surface area contributed by atoms with Gasteiger partial charge in [-0.15, -0.1) is 11.6 Å². The second-order valence-electron chi connectivity index (χ2n) is 4.33. The van der Waals surface area contributed by atoms with Crippen molar-refractivity contribution in [2.45, 2.75) is 51.5 Å². The van der Waals surface area contributed by atoms with Crippen LogP contribution in [0.25, 0.3) is 0 Å². The Morgan fingerprint density at radius 1 is 1.33 bits per heavy atom. The van der Waals surface area contributed by atoms with Crippen molar-refractivity contribution in [3.8, 4) is 0 Å². The van der Waals surface area contributed by atoms with Crippen LogP contribution in [-0.2, 0) is 0 Å². The van der Waals surface area contributed by atoms with Crippen LogP contribution < -0.4 is 0 Å². The van der Waals surface area contributed by atoms with E-state index in [2.05, 4.69) is 25.9 Å². The van der Waals surface area contributed by atoms with Gasteiger partial charge in [0.25, 0.3) is 0 Å². The molecule has 0 spiro atoms. The van der Waals surface area contributed by atoms with Crippen molar-refractivity contribution in [3.63, 3.8) is 0 Å². The van der Waals surface area contributed by atoms with E-state index in [4.69, 9.17) is 23.2 Å². The lowest BCUT2D eigenvalue weighted by atomic mass is 10.0. The highest BCUT2D eigenvalue weighted by Crippen LogP contribution is 2.30. The molecule has 0 radical (unpaired) electrons. The summed E-state index contributed by atoms with van der Waals surface area (Å²) in [4.78, 5) is 0. The summed E-state index contributed by atoms with van der Waals surface area (Å²) in [5.74, 6) is 0.342. The van der Waals surface area contributed by atoms with E-state index in [1.165, 1.54) is 0 Å².